The van der Waals surface area contributed by atoms with Gasteiger partial charge in [-0.3, -0.25) is 9.69 Å². The third-order valence-electron chi connectivity index (χ3n) is 5.08. The molecule has 3 aromatic rings. The van der Waals surface area contributed by atoms with Crippen LogP contribution in [0, 0.1) is 0 Å². The first-order valence-electron chi connectivity index (χ1n) is 11.3. The lowest BCUT2D eigenvalue weighted by molar-refractivity contribution is -0.116. The molecule has 188 valence electrons. The van der Waals surface area contributed by atoms with Crippen molar-refractivity contribution in [1.82, 2.24) is 4.98 Å². The van der Waals surface area contributed by atoms with Crippen molar-refractivity contribution in [3.63, 3.8) is 0 Å². The zero-order valence-electron chi connectivity index (χ0n) is 20.2. The Bertz CT molecular complexity index is 1230. The minimum absolute atomic E-state index is 0.0898. The zero-order valence-corrected chi connectivity index (χ0v) is 20.2. The molecule has 11 heteroatoms. The van der Waals surface area contributed by atoms with Crippen molar-refractivity contribution >= 4 is 40.7 Å². The molecule has 0 aliphatic heterocycles. The fraction of sp³-hybridized carbons (Fsp3) is 0.240. The number of aryl methyl sites for hydroxylation is 1. The monoisotopic (exact) mass is 491 g/mol. The van der Waals surface area contributed by atoms with E-state index in [1.54, 1.807) is 43.4 Å². The van der Waals surface area contributed by atoms with Gasteiger partial charge < -0.3 is 26.3 Å². The fourth-order valence-electron chi connectivity index (χ4n) is 3.20. The molecule has 36 heavy (non-hydrogen) atoms. The van der Waals surface area contributed by atoms with Gasteiger partial charge in [-0.05, 0) is 42.3 Å². The van der Waals surface area contributed by atoms with E-state index in [2.05, 4.69) is 20.5 Å². The highest BCUT2D eigenvalue weighted by molar-refractivity contribution is 5.90. The van der Waals surface area contributed by atoms with Crippen LogP contribution in [0.4, 0.5) is 33.5 Å². The smallest absolute Gasteiger partial charge is 0.416 e. The lowest BCUT2D eigenvalue weighted by Crippen LogP contribution is -2.29. The molecule has 11 nitrogen and oxygen atoms in total. The van der Waals surface area contributed by atoms with Crippen molar-refractivity contribution in [2.45, 2.75) is 19.8 Å². The van der Waals surface area contributed by atoms with Gasteiger partial charge in [-0.25, -0.2) is 9.78 Å². The molecule has 1 aromatic heterocycles. The van der Waals surface area contributed by atoms with Gasteiger partial charge in [0.2, 0.25) is 12.7 Å². The Labute approximate surface area is 209 Å². The minimum atomic E-state index is -0.549. The molecular weight excluding hydrogens is 462 g/mol. The molecule has 3 rings (SSSR count). The molecule has 0 bridgehead atoms. The number of nitrogens with one attached hydrogen (secondary N) is 1. The molecule has 0 aliphatic carbocycles. The number of pyridine rings is 1. The third-order valence-corrected chi connectivity index (χ3v) is 5.08. The molecule has 0 fully saturated rings. The number of azo groups is 1. The van der Waals surface area contributed by atoms with Crippen LogP contribution in [0.3, 0.4) is 0 Å². The zero-order chi connectivity index (χ0) is 25.9. The number of benzene rings is 2. The quantitative estimate of drug-likeness (QED) is 0.277. The maximum absolute atomic E-state index is 12.5. The normalized spacial score (nSPS) is 10.8. The second-order valence-electron chi connectivity index (χ2n) is 7.57. The van der Waals surface area contributed by atoms with E-state index in [1.165, 1.54) is 4.90 Å². The highest BCUT2D eigenvalue weighted by Gasteiger charge is 2.15. The van der Waals surface area contributed by atoms with Crippen LogP contribution in [0.1, 0.15) is 18.9 Å². The van der Waals surface area contributed by atoms with Gasteiger partial charge in [-0.2, -0.15) is 0 Å². The number of carbonyl (C=O) groups excluding carboxylic acids is 2. The number of nitrogen functional groups attached to an aromatic ring is 1. The second kappa shape index (κ2) is 12.8. The Balaban J connectivity index is 1.62. The Morgan fingerprint density at radius 1 is 1.03 bits per heavy atom. The summed E-state index contributed by atoms with van der Waals surface area (Å²) in [6, 6.07) is 17.6. The molecule has 0 aliphatic rings. The van der Waals surface area contributed by atoms with Gasteiger partial charge in [-0.1, -0.05) is 37.3 Å². The maximum Gasteiger partial charge on any atom is 0.416 e. The van der Waals surface area contributed by atoms with E-state index >= 15 is 0 Å². The number of aromatic nitrogens is 1. The summed E-state index contributed by atoms with van der Waals surface area (Å²) in [6.07, 6.45) is 0.415. The Morgan fingerprint density at radius 2 is 1.75 bits per heavy atom. The van der Waals surface area contributed by atoms with E-state index < -0.39 is 6.09 Å². The minimum Gasteiger partial charge on any atom is -0.455 e. The average molecular weight is 492 g/mol. The van der Waals surface area contributed by atoms with Gasteiger partial charge >= 0.3 is 6.09 Å². The van der Waals surface area contributed by atoms with Gasteiger partial charge in [-0.15, -0.1) is 10.2 Å². The first-order valence-corrected chi connectivity index (χ1v) is 11.3. The number of para-hydroxylation sites is 2. The summed E-state index contributed by atoms with van der Waals surface area (Å²) in [5.41, 5.74) is 13.8. The Hall–Kier alpha value is -4.51. The van der Waals surface area contributed by atoms with Gasteiger partial charge in [0.25, 0.3) is 0 Å². The van der Waals surface area contributed by atoms with Crippen LogP contribution in [-0.2, 0) is 16.0 Å². The molecule has 0 atom stereocenters. The van der Waals surface area contributed by atoms with Gasteiger partial charge in [0, 0.05) is 25.7 Å². The second-order valence-corrected chi connectivity index (χ2v) is 7.57. The number of anilines is 3. The van der Waals surface area contributed by atoms with Crippen LogP contribution >= 0.6 is 0 Å². The number of hydrogen-bond donors (Lipinski definition) is 3. The molecule has 1 heterocycles. The Kier molecular flexibility index (Phi) is 9.29. The summed E-state index contributed by atoms with van der Waals surface area (Å²) < 4.78 is 10.9. The number of rotatable bonds is 10. The van der Waals surface area contributed by atoms with Crippen molar-refractivity contribution in [3.8, 4) is 5.75 Å². The maximum atomic E-state index is 12.5. The molecule has 0 spiro atoms. The summed E-state index contributed by atoms with van der Waals surface area (Å²) in [5, 5.41) is 10.9. The van der Waals surface area contributed by atoms with Crippen LogP contribution in [0.25, 0.3) is 0 Å². The molecule has 0 radical (unpaired) electrons. The van der Waals surface area contributed by atoms with E-state index in [0.717, 1.165) is 17.7 Å². The number of ether oxygens (including phenoxy) is 2. The molecule has 2 amide bonds. The van der Waals surface area contributed by atoms with Gasteiger partial charge in [0.15, 0.2) is 11.6 Å². The summed E-state index contributed by atoms with van der Waals surface area (Å²) in [5.74, 6) is 0.489. The number of carbonyl (C=O) groups is 2. The van der Waals surface area contributed by atoms with Crippen LogP contribution < -0.4 is 26.4 Å². The van der Waals surface area contributed by atoms with E-state index in [1.807, 2.05) is 31.2 Å². The highest BCUT2D eigenvalue weighted by Crippen LogP contribution is 2.30. The van der Waals surface area contributed by atoms with Crippen LogP contribution in [0.5, 0.6) is 5.75 Å². The third kappa shape index (κ3) is 7.00. The standard InChI is InChI=1S/C25H29N7O4/c1-3-17-8-4-6-10-20(17)32(2)25(34)36-16-35-21-11-7-5-9-18(21)30-31-19-12-13-22(29-24(19)27)28-23(33)14-15-26/h4-13H,3,14-16,26H2,1-2H3,(H3,27,28,29,33)/b31-30+. The van der Waals surface area contributed by atoms with Gasteiger partial charge in [0.1, 0.15) is 17.2 Å². The van der Waals surface area contributed by atoms with Crippen LogP contribution in [0.15, 0.2) is 70.9 Å². The van der Waals surface area contributed by atoms with E-state index in [9.17, 15) is 9.59 Å². The van der Waals surface area contributed by atoms with Crippen molar-refractivity contribution in [2.24, 2.45) is 16.0 Å². The van der Waals surface area contributed by atoms with E-state index in [4.69, 9.17) is 20.9 Å². The van der Waals surface area contributed by atoms with E-state index in [-0.39, 0.29) is 31.5 Å². The van der Waals surface area contributed by atoms with Gasteiger partial charge in [0.05, 0.1) is 0 Å². The van der Waals surface area contributed by atoms with Crippen molar-refractivity contribution in [1.29, 1.82) is 0 Å². The lowest BCUT2D eigenvalue weighted by Gasteiger charge is -2.20. The van der Waals surface area contributed by atoms with Crippen molar-refractivity contribution < 1.29 is 19.1 Å². The van der Waals surface area contributed by atoms with Crippen LogP contribution in [-0.4, -0.2) is 37.4 Å². The molecule has 0 unspecified atom stereocenters. The first-order chi connectivity index (χ1) is 17.4. The Morgan fingerprint density at radius 3 is 2.50 bits per heavy atom. The molecule has 5 N–H and O–H groups in total. The number of amides is 2. The summed E-state index contributed by atoms with van der Waals surface area (Å²) in [6.45, 7) is 1.94. The lowest BCUT2D eigenvalue weighted by atomic mass is 10.1. The molecule has 2 aromatic carbocycles. The predicted molar refractivity (Wildman–Crippen MR) is 138 cm³/mol. The molecule has 0 saturated carbocycles. The predicted octanol–water partition coefficient (Wildman–Crippen LogP) is 4.54. The van der Waals surface area contributed by atoms with Crippen molar-refractivity contribution in [3.05, 3.63) is 66.2 Å². The molecule has 0 saturated heterocycles. The average Bonchev–Trinajstić information content (AvgIpc) is 2.88. The highest BCUT2D eigenvalue weighted by atomic mass is 16.7. The number of nitrogens with zero attached hydrogens (tertiary/aromatic N) is 4. The number of nitrogens with two attached hydrogens (primary N) is 2. The largest absolute Gasteiger partial charge is 0.455 e. The SMILES string of the molecule is CCc1ccccc1N(C)C(=O)OCOc1ccccc1/N=N/c1ccc(NC(=O)CCN)nc1N. The topological polar surface area (TPSA) is 158 Å². The number of hydrogen-bond acceptors (Lipinski definition) is 9. The molecular formula is C25H29N7O4. The van der Waals surface area contributed by atoms with Crippen molar-refractivity contribution in [2.75, 3.05) is 36.3 Å². The summed E-state index contributed by atoms with van der Waals surface area (Å²) in [4.78, 5) is 29.7. The van der Waals surface area contributed by atoms with Crippen LogP contribution in [0.2, 0.25) is 0 Å². The summed E-state index contributed by atoms with van der Waals surface area (Å²) in [7, 11) is 1.65. The summed E-state index contributed by atoms with van der Waals surface area (Å²) >= 11 is 0. The van der Waals surface area contributed by atoms with E-state index in [0.29, 0.717) is 22.9 Å². The fourth-order valence-corrected chi connectivity index (χ4v) is 3.20. The first kappa shape index (κ1) is 26.1.